The molecule has 17 heavy (non-hydrogen) atoms. The third kappa shape index (κ3) is 2.94. The Hall–Kier alpha value is 0.560. The van der Waals surface area contributed by atoms with Crippen LogP contribution in [0.5, 0.6) is 0 Å². The Morgan fingerprint density at radius 2 is 1.82 bits per heavy atom. The molecule has 0 amide bonds. The van der Waals surface area contributed by atoms with Crippen LogP contribution in [-0.2, 0) is 0 Å². The lowest BCUT2D eigenvalue weighted by molar-refractivity contribution is 1.15. The predicted molar refractivity (Wildman–Crippen MR) is 81.2 cm³/mol. The fourth-order valence-electron chi connectivity index (χ4n) is 1.41. The summed E-state index contributed by atoms with van der Waals surface area (Å²) in [6.45, 7) is 0. The monoisotopic (exact) mass is 388 g/mol. The molecule has 0 radical (unpaired) electrons. The van der Waals surface area contributed by atoms with E-state index in [1.165, 1.54) is 11.3 Å². The molecule has 2 aromatic rings. The molecule has 0 N–H and O–H groups in total. The zero-order valence-corrected chi connectivity index (χ0v) is 13.6. The van der Waals surface area contributed by atoms with E-state index in [0.29, 0.717) is 13.7 Å². The van der Waals surface area contributed by atoms with Gasteiger partial charge in [0.1, 0.15) is 0 Å². The van der Waals surface area contributed by atoms with Crippen molar-refractivity contribution < 1.29 is 0 Å². The first kappa shape index (κ1) is 14.0. The summed E-state index contributed by atoms with van der Waals surface area (Å²) in [6, 6.07) is 7.37. The van der Waals surface area contributed by atoms with Gasteiger partial charge in [-0.15, -0.1) is 22.9 Å². The fourth-order valence-corrected chi connectivity index (χ4v) is 4.09. The maximum absolute atomic E-state index is 6.39. The van der Waals surface area contributed by atoms with Crippen LogP contribution < -0.4 is 0 Å². The van der Waals surface area contributed by atoms with Crippen molar-refractivity contribution in [3.63, 3.8) is 0 Å². The van der Waals surface area contributed by atoms with E-state index in [-0.39, 0.29) is 0 Å². The number of hydrogen-bond acceptors (Lipinski definition) is 1. The molecule has 6 heteroatoms. The molecule has 0 aliphatic heterocycles. The van der Waals surface area contributed by atoms with Gasteiger partial charge in [-0.25, -0.2) is 0 Å². The Morgan fingerprint density at radius 1 is 1.12 bits per heavy atom. The van der Waals surface area contributed by atoms with E-state index >= 15 is 0 Å². The van der Waals surface area contributed by atoms with Crippen LogP contribution in [0.15, 0.2) is 28.7 Å². The first-order chi connectivity index (χ1) is 8.00. The largest absolute Gasteiger partial charge is 0.112 e. The number of rotatable bonds is 2. The Morgan fingerprint density at radius 3 is 2.41 bits per heavy atom. The van der Waals surface area contributed by atoms with Gasteiger partial charge in [0.25, 0.3) is 0 Å². The minimum absolute atomic E-state index is 0.406. The molecule has 0 aliphatic carbocycles. The molecule has 1 unspecified atom stereocenters. The third-order valence-electron chi connectivity index (χ3n) is 2.21. The summed E-state index contributed by atoms with van der Waals surface area (Å²) in [5, 5.41) is 0.183. The van der Waals surface area contributed by atoms with Crippen LogP contribution in [0.25, 0.3) is 0 Å². The first-order valence-electron chi connectivity index (χ1n) is 4.53. The van der Waals surface area contributed by atoms with Gasteiger partial charge >= 0.3 is 0 Å². The summed E-state index contributed by atoms with van der Waals surface area (Å²) in [5.41, 5.74) is 1.59. The van der Waals surface area contributed by atoms with Crippen molar-refractivity contribution in [2.75, 3.05) is 0 Å². The van der Waals surface area contributed by atoms with Crippen molar-refractivity contribution in [3.05, 3.63) is 53.6 Å². The molecule has 0 saturated carbocycles. The topological polar surface area (TPSA) is 0 Å². The van der Waals surface area contributed by atoms with Crippen LogP contribution in [-0.4, -0.2) is 0 Å². The van der Waals surface area contributed by atoms with Gasteiger partial charge in [0.05, 0.1) is 19.1 Å². The Kier molecular flexibility index (Phi) is 4.67. The average molecular weight is 391 g/mol. The minimum Gasteiger partial charge on any atom is -0.112 e. The molecular formula is C11H5BrCl4S. The van der Waals surface area contributed by atoms with Gasteiger partial charge in [-0.3, -0.25) is 0 Å². The van der Waals surface area contributed by atoms with Crippen LogP contribution in [0, 0.1) is 0 Å². The van der Waals surface area contributed by atoms with Gasteiger partial charge in [0.15, 0.2) is 0 Å². The minimum atomic E-state index is -0.406. The zero-order chi connectivity index (χ0) is 12.6. The number of halogens is 5. The summed E-state index contributed by atoms with van der Waals surface area (Å²) >= 11 is 29.2. The van der Waals surface area contributed by atoms with Crippen LogP contribution in [0.2, 0.25) is 13.7 Å². The second-order valence-corrected chi connectivity index (χ2v) is 7.24. The maximum Gasteiger partial charge on any atom is 0.0994 e. The number of benzene rings is 1. The third-order valence-corrected chi connectivity index (χ3v) is 5.51. The molecule has 1 heterocycles. The van der Waals surface area contributed by atoms with Crippen molar-refractivity contribution in [2.45, 2.75) is 5.38 Å². The second-order valence-electron chi connectivity index (χ2n) is 3.29. The highest BCUT2D eigenvalue weighted by molar-refractivity contribution is 9.10. The quantitative estimate of drug-likeness (QED) is 0.494. The van der Waals surface area contributed by atoms with Gasteiger partial charge in [-0.1, -0.05) is 46.9 Å². The lowest BCUT2D eigenvalue weighted by atomic mass is 10.1. The van der Waals surface area contributed by atoms with E-state index in [4.69, 9.17) is 46.4 Å². The number of hydrogen-bond donors (Lipinski definition) is 0. The molecule has 0 nitrogen and oxygen atoms in total. The summed E-state index contributed by atoms with van der Waals surface area (Å²) in [4.78, 5) is 0. The Labute approximate surface area is 132 Å². The van der Waals surface area contributed by atoms with Crippen molar-refractivity contribution in [3.8, 4) is 0 Å². The van der Waals surface area contributed by atoms with E-state index in [1.54, 1.807) is 6.07 Å². The van der Waals surface area contributed by atoms with Gasteiger partial charge in [-0.2, -0.15) is 0 Å². The first-order valence-corrected chi connectivity index (χ1v) is 7.71. The van der Waals surface area contributed by atoms with Gasteiger partial charge in [-0.05, 0) is 33.6 Å². The van der Waals surface area contributed by atoms with E-state index < -0.39 is 5.38 Å². The highest BCUT2D eigenvalue weighted by Crippen LogP contribution is 2.43. The molecule has 1 aromatic heterocycles. The maximum atomic E-state index is 6.39. The van der Waals surface area contributed by atoms with E-state index in [0.717, 1.165) is 15.6 Å². The standard InChI is InChI=1S/C11H5BrCl4S/c12-7-3-1-2-5(10(7)15)9(14)6-4-8(13)17-11(6)16/h1-4,9H. The van der Waals surface area contributed by atoms with Crippen LogP contribution in [0.4, 0.5) is 0 Å². The SMILES string of the molecule is Clc1cc(C(Cl)c2cccc(Br)c2Cl)c(Cl)s1. The summed E-state index contributed by atoms with van der Waals surface area (Å²) in [7, 11) is 0. The molecule has 1 aromatic carbocycles. The highest BCUT2D eigenvalue weighted by Gasteiger charge is 2.20. The molecule has 0 bridgehead atoms. The van der Waals surface area contributed by atoms with Crippen molar-refractivity contribution in [2.24, 2.45) is 0 Å². The lowest BCUT2D eigenvalue weighted by Gasteiger charge is -2.11. The molecule has 1 atom stereocenters. The van der Waals surface area contributed by atoms with Crippen molar-refractivity contribution in [1.29, 1.82) is 0 Å². The number of alkyl halides is 1. The molecule has 0 spiro atoms. The summed E-state index contributed by atoms with van der Waals surface area (Å²) < 4.78 is 2.01. The lowest BCUT2D eigenvalue weighted by Crippen LogP contribution is -1.93. The Bertz CT molecular complexity index is 552. The normalized spacial score (nSPS) is 12.8. The highest BCUT2D eigenvalue weighted by atomic mass is 79.9. The molecule has 0 fully saturated rings. The smallest absolute Gasteiger partial charge is 0.0994 e. The molecule has 0 saturated heterocycles. The van der Waals surface area contributed by atoms with Crippen LogP contribution in [0.1, 0.15) is 16.5 Å². The van der Waals surface area contributed by atoms with Gasteiger partial charge < -0.3 is 0 Å². The van der Waals surface area contributed by atoms with E-state index in [1.807, 2.05) is 18.2 Å². The summed E-state index contributed by atoms with van der Waals surface area (Å²) in [6.07, 6.45) is 0. The molecule has 0 aliphatic rings. The molecule has 90 valence electrons. The van der Waals surface area contributed by atoms with Gasteiger partial charge in [0, 0.05) is 10.0 Å². The average Bonchev–Trinajstić information content (AvgIpc) is 2.61. The Balaban J connectivity index is 2.47. The molecular weight excluding hydrogens is 386 g/mol. The predicted octanol–water partition coefficient (Wildman–Crippen LogP) is 6.80. The van der Waals surface area contributed by atoms with Crippen LogP contribution >= 0.6 is 73.7 Å². The van der Waals surface area contributed by atoms with E-state index in [9.17, 15) is 0 Å². The zero-order valence-electron chi connectivity index (χ0n) is 8.18. The van der Waals surface area contributed by atoms with Crippen molar-refractivity contribution >= 4 is 73.7 Å². The number of thiophene rings is 1. The summed E-state index contributed by atoms with van der Waals surface area (Å²) in [5.74, 6) is 0. The van der Waals surface area contributed by atoms with Gasteiger partial charge in [0.2, 0.25) is 0 Å². The fraction of sp³-hybridized carbons (Fsp3) is 0.0909. The van der Waals surface area contributed by atoms with E-state index in [2.05, 4.69) is 15.9 Å². The van der Waals surface area contributed by atoms with Crippen molar-refractivity contribution in [1.82, 2.24) is 0 Å². The van der Waals surface area contributed by atoms with Crippen LogP contribution in [0.3, 0.4) is 0 Å². The second kappa shape index (κ2) is 5.68. The molecule has 2 rings (SSSR count).